The number of aliphatic imine (C=N–C) groups is 1. The molecule has 11 nitrogen and oxygen atoms in total. The van der Waals surface area contributed by atoms with Crippen LogP contribution in [0.15, 0.2) is 139 Å². The number of nitro groups is 1. The van der Waals surface area contributed by atoms with Crippen molar-refractivity contribution in [3.63, 3.8) is 0 Å². The molecule has 0 amide bonds. The van der Waals surface area contributed by atoms with Gasteiger partial charge in [0.05, 0.1) is 37.0 Å². The molecule has 0 N–H and O–H groups in total. The minimum atomic E-state index is -1.44. The van der Waals surface area contributed by atoms with E-state index in [1.165, 1.54) is 17.5 Å². The van der Waals surface area contributed by atoms with Crippen molar-refractivity contribution in [1.29, 1.82) is 0 Å². The predicted octanol–water partition coefficient (Wildman–Crippen LogP) is 8.94. The smallest absolute Gasteiger partial charge is 0.334 e. The Bertz CT molecular complexity index is 2300. The molecule has 6 aromatic rings. The van der Waals surface area contributed by atoms with Crippen LogP contribution in [0.25, 0.3) is 10.8 Å². The summed E-state index contributed by atoms with van der Waals surface area (Å²) in [5.41, 5.74) is 3.94. The van der Waals surface area contributed by atoms with Crippen molar-refractivity contribution >= 4 is 28.6 Å². The fraction of sp³-hybridized carbons (Fsp3) is 0.255. The maximum atomic E-state index is 14.0. The quantitative estimate of drug-likeness (QED) is 0.0322. The van der Waals surface area contributed by atoms with E-state index in [0.29, 0.717) is 41.3 Å². The van der Waals surface area contributed by atoms with Crippen LogP contribution in [0.2, 0.25) is 0 Å². The minimum absolute atomic E-state index is 0.0493. The second-order valence-electron chi connectivity index (χ2n) is 14.1. The van der Waals surface area contributed by atoms with Gasteiger partial charge in [-0.2, -0.15) is 0 Å². The molecule has 0 bridgehead atoms. The van der Waals surface area contributed by atoms with Crippen molar-refractivity contribution in [3.05, 3.63) is 183 Å². The highest BCUT2D eigenvalue weighted by Crippen LogP contribution is 2.28. The van der Waals surface area contributed by atoms with Crippen LogP contribution in [-0.2, 0) is 56.6 Å². The van der Waals surface area contributed by atoms with Gasteiger partial charge in [0.15, 0.2) is 5.54 Å². The number of pyridine rings is 1. The molecule has 0 aliphatic carbocycles. The van der Waals surface area contributed by atoms with Crippen molar-refractivity contribution in [3.8, 4) is 5.75 Å². The molecule has 0 unspecified atom stereocenters. The molecular weight excluding hydrogens is 735 g/mol. The standard InChI is InChI=1S/C47H47N3O8/c1-34-45(57-33-43(54-3)32-56-29-38-18-21-39-16-10-11-17-40(39)24-38)44(41(26-48-34)31-55-28-36-12-6-4-7-13-36)27-49-47(2,25-35-19-22-42(23-20-35)50(52)53)46(51)58-30-37-14-8-5-9-15-37/h4-24,26-27,43H,25,28-33H2,1-3H3/t43-,47+/m0/s1. The number of carbonyl (C=O) groups excluding carboxylic acids is 1. The first-order valence-electron chi connectivity index (χ1n) is 19.0. The molecule has 0 saturated carbocycles. The van der Waals surface area contributed by atoms with Crippen molar-refractivity contribution in [2.75, 3.05) is 20.3 Å². The summed E-state index contributed by atoms with van der Waals surface area (Å²) in [5.74, 6) is -0.111. The monoisotopic (exact) mass is 781 g/mol. The highest BCUT2D eigenvalue weighted by molar-refractivity contribution is 5.90. The number of non-ortho nitro benzene ring substituents is 1. The van der Waals surface area contributed by atoms with E-state index in [-0.39, 0.29) is 38.5 Å². The van der Waals surface area contributed by atoms with E-state index in [1.807, 2.05) is 79.7 Å². The van der Waals surface area contributed by atoms with Crippen LogP contribution in [0.1, 0.15) is 46.0 Å². The molecule has 0 fully saturated rings. The van der Waals surface area contributed by atoms with E-state index >= 15 is 0 Å². The SMILES string of the molecule is CO[C@@H](COCc1ccc2ccccc2c1)COc1c(C)ncc(COCc2ccccc2)c1C=N[C@](C)(Cc1ccc([N+](=O)[O-])cc1)C(=O)OCc1ccccc1. The van der Waals surface area contributed by atoms with Gasteiger partial charge in [0, 0.05) is 49.2 Å². The van der Waals surface area contributed by atoms with E-state index in [4.69, 9.17) is 28.7 Å². The van der Waals surface area contributed by atoms with Crippen molar-refractivity contribution in [1.82, 2.24) is 4.98 Å². The number of fused-ring (bicyclic) bond motifs is 1. The molecule has 5 aromatic carbocycles. The fourth-order valence-electron chi connectivity index (χ4n) is 6.32. The molecule has 0 radical (unpaired) electrons. The second-order valence-corrected chi connectivity index (χ2v) is 14.1. The van der Waals surface area contributed by atoms with Crippen LogP contribution in [-0.4, -0.2) is 54.1 Å². The lowest BCUT2D eigenvalue weighted by Crippen LogP contribution is -2.37. The van der Waals surface area contributed by atoms with E-state index in [2.05, 4.69) is 35.3 Å². The zero-order valence-electron chi connectivity index (χ0n) is 32.9. The van der Waals surface area contributed by atoms with Gasteiger partial charge in [0.25, 0.3) is 5.69 Å². The van der Waals surface area contributed by atoms with Crippen LogP contribution in [0, 0.1) is 17.0 Å². The van der Waals surface area contributed by atoms with Crippen LogP contribution in [0.5, 0.6) is 5.75 Å². The fourth-order valence-corrected chi connectivity index (χ4v) is 6.32. The first kappa shape index (κ1) is 41.4. The molecule has 298 valence electrons. The Hall–Kier alpha value is -6.27. The van der Waals surface area contributed by atoms with E-state index in [1.54, 1.807) is 38.6 Å². The molecule has 0 aliphatic rings. The topological polar surface area (TPSA) is 132 Å². The molecule has 2 atom stereocenters. The Labute approximate surface area is 338 Å². The Morgan fingerprint density at radius 1 is 0.776 bits per heavy atom. The number of rotatable bonds is 20. The van der Waals surface area contributed by atoms with Gasteiger partial charge in [-0.1, -0.05) is 109 Å². The Morgan fingerprint density at radius 2 is 1.41 bits per heavy atom. The molecule has 58 heavy (non-hydrogen) atoms. The Morgan fingerprint density at radius 3 is 2.10 bits per heavy atom. The molecule has 1 heterocycles. The lowest BCUT2D eigenvalue weighted by molar-refractivity contribution is -0.384. The molecular formula is C47H47N3O8. The van der Waals surface area contributed by atoms with Gasteiger partial charge in [0.2, 0.25) is 0 Å². The number of carbonyl (C=O) groups is 1. The molecule has 1 aromatic heterocycles. The van der Waals surface area contributed by atoms with E-state index < -0.39 is 22.5 Å². The number of esters is 1. The largest absolute Gasteiger partial charge is 0.488 e. The minimum Gasteiger partial charge on any atom is -0.488 e. The number of aromatic nitrogens is 1. The summed E-state index contributed by atoms with van der Waals surface area (Å²) in [5, 5.41) is 13.7. The van der Waals surface area contributed by atoms with Gasteiger partial charge in [-0.25, -0.2) is 4.79 Å². The number of ether oxygens (including phenoxy) is 5. The van der Waals surface area contributed by atoms with Gasteiger partial charge in [-0.3, -0.25) is 20.1 Å². The zero-order valence-corrected chi connectivity index (χ0v) is 32.9. The molecule has 6 rings (SSSR count). The third-order valence-electron chi connectivity index (χ3n) is 9.66. The summed E-state index contributed by atoms with van der Waals surface area (Å²) in [6, 6.07) is 39.7. The highest BCUT2D eigenvalue weighted by Gasteiger charge is 2.35. The first-order valence-corrected chi connectivity index (χ1v) is 19.0. The van der Waals surface area contributed by atoms with Crippen molar-refractivity contribution in [2.24, 2.45) is 4.99 Å². The Kier molecular flexibility index (Phi) is 14.4. The Balaban J connectivity index is 1.25. The number of hydrogen-bond donors (Lipinski definition) is 0. The van der Waals surface area contributed by atoms with Crippen LogP contribution in [0.4, 0.5) is 5.69 Å². The van der Waals surface area contributed by atoms with Gasteiger partial charge in [-0.15, -0.1) is 0 Å². The summed E-state index contributed by atoms with van der Waals surface area (Å²) in [4.78, 5) is 34.4. The van der Waals surface area contributed by atoms with Gasteiger partial charge in [0.1, 0.15) is 25.1 Å². The highest BCUT2D eigenvalue weighted by atomic mass is 16.6. The van der Waals surface area contributed by atoms with Crippen LogP contribution < -0.4 is 4.74 Å². The van der Waals surface area contributed by atoms with Crippen molar-refractivity contribution in [2.45, 2.75) is 58.3 Å². The summed E-state index contributed by atoms with van der Waals surface area (Å²) < 4.78 is 30.3. The van der Waals surface area contributed by atoms with Crippen LogP contribution >= 0.6 is 0 Å². The lowest BCUT2D eigenvalue weighted by Gasteiger charge is -2.24. The second kappa shape index (κ2) is 20.2. The number of methoxy groups -OCH3 is 1. The number of aryl methyl sites for hydroxylation is 1. The summed E-state index contributed by atoms with van der Waals surface area (Å²) in [7, 11) is 1.61. The molecule has 0 saturated heterocycles. The average Bonchev–Trinajstić information content (AvgIpc) is 3.25. The number of benzene rings is 5. The molecule has 0 aliphatic heterocycles. The average molecular weight is 782 g/mol. The van der Waals surface area contributed by atoms with Crippen molar-refractivity contribution < 1.29 is 33.4 Å². The third kappa shape index (κ3) is 11.4. The first-order chi connectivity index (χ1) is 28.2. The third-order valence-corrected chi connectivity index (χ3v) is 9.66. The van der Waals surface area contributed by atoms with Gasteiger partial charge in [-0.05, 0) is 52.9 Å². The summed E-state index contributed by atoms with van der Waals surface area (Å²) in [6.45, 7) is 4.95. The number of hydrogen-bond acceptors (Lipinski definition) is 10. The normalized spacial score (nSPS) is 12.9. The molecule has 0 spiro atoms. The zero-order chi connectivity index (χ0) is 40.7. The number of nitrogens with zero attached hydrogens (tertiary/aromatic N) is 3. The predicted molar refractivity (Wildman–Crippen MR) is 223 cm³/mol. The maximum absolute atomic E-state index is 14.0. The maximum Gasteiger partial charge on any atom is 0.334 e. The molecule has 11 heteroatoms. The van der Waals surface area contributed by atoms with E-state index in [0.717, 1.165) is 22.1 Å². The summed E-state index contributed by atoms with van der Waals surface area (Å²) >= 11 is 0. The lowest BCUT2D eigenvalue weighted by atomic mass is 9.93. The van der Waals surface area contributed by atoms with Gasteiger partial charge < -0.3 is 23.7 Å². The number of nitro benzene ring substituents is 1. The van der Waals surface area contributed by atoms with E-state index in [9.17, 15) is 14.9 Å². The van der Waals surface area contributed by atoms with Crippen LogP contribution in [0.3, 0.4) is 0 Å². The summed E-state index contributed by atoms with van der Waals surface area (Å²) in [6.07, 6.45) is 3.02. The van der Waals surface area contributed by atoms with Gasteiger partial charge >= 0.3 is 5.97 Å².